The molecule has 1 aromatic heterocycles. The summed E-state index contributed by atoms with van der Waals surface area (Å²) in [5.74, 6) is 1.59. The Balaban J connectivity index is 2.56. The SMILES string of the molecule is Cc1nccn1C[C@@H](C)CN. The molecule has 3 nitrogen and oxygen atoms in total. The Bertz CT molecular complexity index is 217. The first-order valence-corrected chi connectivity index (χ1v) is 3.92. The summed E-state index contributed by atoms with van der Waals surface area (Å²) < 4.78 is 2.12. The van der Waals surface area contributed by atoms with Crippen molar-refractivity contribution in [2.45, 2.75) is 20.4 Å². The van der Waals surface area contributed by atoms with Crippen LogP contribution < -0.4 is 5.73 Å². The highest BCUT2D eigenvalue weighted by molar-refractivity contribution is 4.88. The van der Waals surface area contributed by atoms with Gasteiger partial charge in [-0.3, -0.25) is 0 Å². The molecule has 1 rings (SSSR count). The lowest BCUT2D eigenvalue weighted by Gasteiger charge is -2.09. The second-order valence-corrected chi connectivity index (χ2v) is 2.97. The summed E-state index contributed by atoms with van der Waals surface area (Å²) in [6.07, 6.45) is 3.81. The normalized spacial score (nSPS) is 13.4. The molecular formula is C8H15N3. The third-order valence-electron chi connectivity index (χ3n) is 1.83. The van der Waals surface area contributed by atoms with E-state index in [-0.39, 0.29) is 0 Å². The van der Waals surface area contributed by atoms with Crippen LogP contribution in [0.15, 0.2) is 12.4 Å². The fourth-order valence-electron chi connectivity index (χ4n) is 1.01. The van der Waals surface area contributed by atoms with Crippen LogP contribution in [0.5, 0.6) is 0 Å². The third kappa shape index (κ3) is 2.05. The van der Waals surface area contributed by atoms with Crippen molar-refractivity contribution in [2.24, 2.45) is 11.7 Å². The first-order chi connectivity index (χ1) is 5.24. The zero-order chi connectivity index (χ0) is 8.27. The van der Waals surface area contributed by atoms with Crippen LogP contribution in [0.3, 0.4) is 0 Å². The number of aryl methyl sites for hydroxylation is 1. The van der Waals surface area contributed by atoms with Gasteiger partial charge in [0.1, 0.15) is 5.82 Å². The van der Waals surface area contributed by atoms with E-state index < -0.39 is 0 Å². The molecule has 0 aliphatic rings. The summed E-state index contributed by atoms with van der Waals surface area (Å²) in [7, 11) is 0. The van der Waals surface area contributed by atoms with Gasteiger partial charge in [-0.25, -0.2) is 4.98 Å². The van der Waals surface area contributed by atoms with Crippen molar-refractivity contribution in [1.29, 1.82) is 0 Å². The van der Waals surface area contributed by atoms with E-state index in [1.807, 2.05) is 19.3 Å². The molecule has 11 heavy (non-hydrogen) atoms. The van der Waals surface area contributed by atoms with E-state index in [4.69, 9.17) is 5.73 Å². The number of imidazole rings is 1. The number of hydrogen-bond donors (Lipinski definition) is 1. The maximum atomic E-state index is 5.50. The summed E-state index contributed by atoms with van der Waals surface area (Å²) >= 11 is 0. The number of aromatic nitrogens is 2. The molecule has 0 radical (unpaired) electrons. The van der Waals surface area contributed by atoms with Gasteiger partial charge in [0.2, 0.25) is 0 Å². The third-order valence-corrected chi connectivity index (χ3v) is 1.83. The molecule has 3 heteroatoms. The van der Waals surface area contributed by atoms with E-state index >= 15 is 0 Å². The highest BCUT2D eigenvalue weighted by atomic mass is 15.1. The van der Waals surface area contributed by atoms with Crippen molar-refractivity contribution in [1.82, 2.24) is 9.55 Å². The number of rotatable bonds is 3. The molecule has 2 N–H and O–H groups in total. The average molecular weight is 153 g/mol. The molecule has 0 amide bonds. The van der Waals surface area contributed by atoms with Crippen LogP contribution in [-0.2, 0) is 6.54 Å². The lowest BCUT2D eigenvalue weighted by Crippen LogP contribution is -2.17. The highest BCUT2D eigenvalue weighted by Crippen LogP contribution is 2.01. The smallest absolute Gasteiger partial charge is 0.105 e. The molecule has 0 bridgehead atoms. The average Bonchev–Trinajstić information content (AvgIpc) is 2.37. The zero-order valence-corrected chi connectivity index (χ0v) is 7.12. The standard InChI is InChI=1S/C8H15N3/c1-7(5-9)6-11-4-3-10-8(11)2/h3-4,7H,5-6,9H2,1-2H3/t7-/m0/s1. The summed E-state index contributed by atoms with van der Waals surface area (Å²) in [6, 6.07) is 0. The Hall–Kier alpha value is -0.830. The Kier molecular flexibility index (Phi) is 2.65. The summed E-state index contributed by atoms with van der Waals surface area (Å²) in [6.45, 7) is 5.85. The van der Waals surface area contributed by atoms with Crippen LogP contribution in [0.4, 0.5) is 0 Å². The predicted molar refractivity (Wildman–Crippen MR) is 45.2 cm³/mol. The lowest BCUT2D eigenvalue weighted by atomic mass is 10.2. The first-order valence-electron chi connectivity index (χ1n) is 3.92. The summed E-state index contributed by atoms with van der Waals surface area (Å²) in [5.41, 5.74) is 5.50. The molecule has 1 heterocycles. The molecule has 0 aliphatic carbocycles. The Labute approximate surface area is 67.2 Å². The van der Waals surface area contributed by atoms with Gasteiger partial charge in [-0.1, -0.05) is 6.92 Å². The molecule has 0 fully saturated rings. The Morgan fingerprint density at radius 2 is 2.45 bits per heavy atom. The van der Waals surface area contributed by atoms with E-state index in [9.17, 15) is 0 Å². The second kappa shape index (κ2) is 3.53. The van der Waals surface area contributed by atoms with E-state index in [1.54, 1.807) is 0 Å². The number of hydrogen-bond acceptors (Lipinski definition) is 2. The zero-order valence-electron chi connectivity index (χ0n) is 7.12. The Morgan fingerprint density at radius 1 is 1.73 bits per heavy atom. The van der Waals surface area contributed by atoms with Gasteiger partial charge in [-0.2, -0.15) is 0 Å². The molecular weight excluding hydrogens is 138 g/mol. The lowest BCUT2D eigenvalue weighted by molar-refractivity contribution is 0.484. The van der Waals surface area contributed by atoms with Crippen LogP contribution in [0.25, 0.3) is 0 Å². The maximum Gasteiger partial charge on any atom is 0.105 e. The van der Waals surface area contributed by atoms with Crippen LogP contribution in [-0.4, -0.2) is 16.1 Å². The molecule has 1 aromatic rings. The molecule has 0 spiro atoms. The monoisotopic (exact) mass is 153 g/mol. The van der Waals surface area contributed by atoms with Crippen LogP contribution in [0.2, 0.25) is 0 Å². The minimum atomic E-state index is 0.530. The van der Waals surface area contributed by atoms with Gasteiger partial charge < -0.3 is 10.3 Å². The van der Waals surface area contributed by atoms with Gasteiger partial charge in [0.25, 0.3) is 0 Å². The van der Waals surface area contributed by atoms with Crippen molar-refractivity contribution in [2.75, 3.05) is 6.54 Å². The maximum absolute atomic E-state index is 5.50. The van der Waals surface area contributed by atoms with Crippen molar-refractivity contribution < 1.29 is 0 Å². The molecule has 0 saturated carbocycles. The highest BCUT2D eigenvalue weighted by Gasteiger charge is 2.01. The van der Waals surface area contributed by atoms with Crippen molar-refractivity contribution in [3.05, 3.63) is 18.2 Å². The van der Waals surface area contributed by atoms with Gasteiger partial charge in [0.15, 0.2) is 0 Å². The van der Waals surface area contributed by atoms with Gasteiger partial charge >= 0.3 is 0 Å². The number of nitrogens with zero attached hydrogens (tertiary/aromatic N) is 2. The minimum absolute atomic E-state index is 0.530. The molecule has 0 saturated heterocycles. The molecule has 0 aromatic carbocycles. The van der Waals surface area contributed by atoms with Crippen molar-refractivity contribution in [3.8, 4) is 0 Å². The van der Waals surface area contributed by atoms with E-state index in [1.165, 1.54) is 0 Å². The fourth-order valence-corrected chi connectivity index (χ4v) is 1.01. The van der Waals surface area contributed by atoms with E-state index in [2.05, 4.69) is 16.5 Å². The number of nitrogens with two attached hydrogens (primary N) is 1. The molecule has 0 aliphatic heterocycles. The van der Waals surface area contributed by atoms with Crippen LogP contribution in [0, 0.1) is 12.8 Å². The quantitative estimate of drug-likeness (QED) is 0.697. The molecule has 62 valence electrons. The van der Waals surface area contributed by atoms with Crippen molar-refractivity contribution >= 4 is 0 Å². The first kappa shape index (κ1) is 8.27. The van der Waals surface area contributed by atoms with Gasteiger partial charge in [-0.15, -0.1) is 0 Å². The molecule has 1 atom stereocenters. The summed E-state index contributed by atoms with van der Waals surface area (Å²) in [4.78, 5) is 4.13. The van der Waals surface area contributed by atoms with Gasteiger partial charge in [-0.05, 0) is 19.4 Å². The largest absolute Gasteiger partial charge is 0.335 e. The van der Waals surface area contributed by atoms with Crippen molar-refractivity contribution in [3.63, 3.8) is 0 Å². The topological polar surface area (TPSA) is 43.8 Å². The van der Waals surface area contributed by atoms with E-state index in [0.717, 1.165) is 18.9 Å². The second-order valence-electron chi connectivity index (χ2n) is 2.97. The fraction of sp³-hybridized carbons (Fsp3) is 0.625. The minimum Gasteiger partial charge on any atom is -0.335 e. The van der Waals surface area contributed by atoms with E-state index in [0.29, 0.717) is 5.92 Å². The Morgan fingerprint density at radius 3 is 2.91 bits per heavy atom. The van der Waals surface area contributed by atoms with Gasteiger partial charge in [0, 0.05) is 18.9 Å². The molecule has 0 unspecified atom stereocenters. The van der Waals surface area contributed by atoms with Crippen LogP contribution >= 0.6 is 0 Å². The van der Waals surface area contributed by atoms with Gasteiger partial charge in [0.05, 0.1) is 0 Å². The van der Waals surface area contributed by atoms with Crippen LogP contribution in [0.1, 0.15) is 12.7 Å². The summed E-state index contributed by atoms with van der Waals surface area (Å²) in [5, 5.41) is 0. The predicted octanol–water partition coefficient (Wildman–Crippen LogP) is 0.786.